The first-order valence-electron chi connectivity index (χ1n) is 8.76. The van der Waals surface area contributed by atoms with Crippen molar-refractivity contribution in [2.24, 2.45) is 0 Å². The third kappa shape index (κ3) is 3.50. The number of aryl methyl sites for hydroxylation is 1. The van der Waals surface area contributed by atoms with Gasteiger partial charge in [0.1, 0.15) is 22.8 Å². The molecule has 0 atom stereocenters. The van der Waals surface area contributed by atoms with E-state index in [1.54, 1.807) is 29.4 Å². The molecule has 0 aromatic carbocycles. The topological polar surface area (TPSA) is 68.5 Å². The van der Waals surface area contributed by atoms with Gasteiger partial charge < -0.3 is 9.88 Å². The molecule has 0 radical (unpaired) electrons. The lowest BCUT2D eigenvalue weighted by molar-refractivity contribution is 0.461. The van der Waals surface area contributed by atoms with Gasteiger partial charge >= 0.3 is 0 Å². The van der Waals surface area contributed by atoms with Crippen LogP contribution < -0.4 is 5.32 Å². The number of thioether (sulfide) groups is 1. The Balaban J connectivity index is 1.39. The zero-order valence-corrected chi connectivity index (χ0v) is 15.9. The first-order chi connectivity index (χ1) is 12.4. The Morgan fingerprint density at radius 2 is 2.16 bits per heavy atom. The highest BCUT2D eigenvalue weighted by atomic mass is 32.2. The van der Waals surface area contributed by atoms with Gasteiger partial charge in [-0.25, -0.2) is 9.97 Å². The zero-order valence-electron chi connectivity index (χ0n) is 14.3. The van der Waals surface area contributed by atoms with Crippen LogP contribution >= 0.6 is 23.1 Å². The molecule has 0 unspecified atom stereocenters. The minimum Gasteiger partial charge on any atom is -0.369 e. The van der Waals surface area contributed by atoms with Gasteiger partial charge in [0, 0.05) is 19.0 Å². The summed E-state index contributed by atoms with van der Waals surface area (Å²) in [7, 11) is 0. The van der Waals surface area contributed by atoms with Crippen LogP contribution in [0.4, 0.5) is 5.82 Å². The summed E-state index contributed by atoms with van der Waals surface area (Å²) in [5.74, 6) is 2.05. The summed E-state index contributed by atoms with van der Waals surface area (Å²) in [6, 6.07) is 2.66. The quantitative estimate of drug-likeness (QED) is 0.495. The number of rotatable bonds is 7. The van der Waals surface area contributed by atoms with Gasteiger partial charge in [-0.05, 0) is 37.0 Å². The minimum atomic E-state index is 0.590. The molecule has 0 aliphatic heterocycles. The Morgan fingerprint density at radius 3 is 3.00 bits per heavy atom. The lowest BCUT2D eigenvalue weighted by atomic mass is 10.2. The van der Waals surface area contributed by atoms with E-state index in [-0.39, 0.29) is 0 Å². The number of hydrogen-bond acceptors (Lipinski definition) is 7. The van der Waals surface area contributed by atoms with Gasteiger partial charge in [-0.1, -0.05) is 24.6 Å². The molecule has 1 saturated carbocycles. The summed E-state index contributed by atoms with van der Waals surface area (Å²) in [5, 5.41) is 16.5. The molecule has 1 N–H and O–H groups in total. The second kappa shape index (κ2) is 7.70. The van der Waals surface area contributed by atoms with Gasteiger partial charge in [0.2, 0.25) is 0 Å². The molecule has 1 fully saturated rings. The molecule has 8 heteroatoms. The number of aromatic nitrogens is 5. The normalized spacial score (nSPS) is 15.2. The highest BCUT2D eigenvalue weighted by Gasteiger charge is 2.23. The number of hydrogen-bond donors (Lipinski definition) is 1. The van der Waals surface area contributed by atoms with Crippen molar-refractivity contribution in [3.05, 3.63) is 23.6 Å². The van der Waals surface area contributed by atoms with E-state index in [9.17, 15) is 0 Å². The van der Waals surface area contributed by atoms with E-state index in [1.807, 2.05) is 0 Å². The molecule has 0 spiro atoms. The molecule has 3 heterocycles. The smallest absolute Gasteiger partial charge is 0.191 e. The lowest BCUT2D eigenvalue weighted by Gasteiger charge is -2.16. The van der Waals surface area contributed by atoms with Gasteiger partial charge in [-0.3, -0.25) is 0 Å². The van der Waals surface area contributed by atoms with Crippen LogP contribution in [0.5, 0.6) is 0 Å². The third-order valence-electron chi connectivity index (χ3n) is 4.74. The third-order valence-corrected chi connectivity index (χ3v) is 6.20. The number of thiophene rings is 1. The van der Waals surface area contributed by atoms with E-state index in [0.717, 1.165) is 46.4 Å². The summed E-state index contributed by atoms with van der Waals surface area (Å²) >= 11 is 3.34. The lowest BCUT2D eigenvalue weighted by Crippen LogP contribution is -2.12. The number of nitrogens with zero attached hydrogens (tertiary/aromatic N) is 5. The Labute approximate surface area is 155 Å². The molecule has 1 aliphatic rings. The van der Waals surface area contributed by atoms with Crippen LogP contribution in [0.2, 0.25) is 0 Å². The Bertz CT molecular complexity index is 837. The Kier molecular flexibility index (Phi) is 5.17. The molecule has 6 nitrogen and oxygen atoms in total. The second-order valence-corrected chi connectivity index (χ2v) is 7.97. The monoisotopic (exact) mass is 374 g/mol. The van der Waals surface area contributed by atoms with E-state index in [4.69, 9.17) is 0 Å². The van der Waals surface area contributed by atoms with Crippen molar-refractivity contribution in [3.63, 3.8) is 0 Å². The van der Waals surface area contributed by atoms with Gasteiger partial charge in [0.15, 0.2) is 5.16 Å². The van der Waals surface area contributed by atoms with Crippen molar-refractivity contribution < 1.29 is 0 Å². The Hall–Kier alpha value is -1.67. The first-order valence-corrected chi connectivity index (χ1v) is 10.9. The Morgan fingerprint density at radius 1 is 1.28 bits per heavy atom. The summed E-state index contributed by atoms with van der Waals surface area (Å²) in [6.45, 7) is 0.869. The number of anilines is 1. The summed E-state index contributed by atoms with van der Waals surface area (Å²) in [4.78, 5) is 9.69. The molecule has 0 bridgehead atoms. The van der Waals surface area contributed by atoms with Crippen molar-refractivity contribution in [3.8, 4) is 0 Å². The maximum atomic E-state index is 4.46. The first kappa shape index (κ1) is 16.8. The summed E-state index contributed by atoms with van der Waals surface area (Å²) in [5.41, 5.74) is 0. The minimum absolute atomic E-state index is 0.590. The highest BCUT2D eigenvalue weighted by molar-refractivity contribution is 7.98. The largest absolute Gasteiger partial charge is 0.369 e. The zero-order chi connectivity index (χ0) is 17.1. The standard InChI is InChI=1S/C17H22N6S2/c1-24-17-22-21-14(23(17)12-5-2-3-6-12)7-4-9-18-15-13-8-10-25-16(13)20-11-19-15/h8,10-12H,2-7,9H2,1H3,(H,18,19,20). The van der Waals surface area contributed by atoms with E-state index in [1.165, 1.54) is 25.7 Å². The van der Waals surface area contributed by atoms with Crippen LogP contribution in [0.25, 0.3) is 10.2 Å². The second-order valence-electron chi connectivity index (χ2n) is 6.30. The van der Waals surface area contributed by atoms with Crippen LogP contribution in [0.3, 0.4) is 0 Å². The fourth-order valence-corrected chi connectivity index (χ4v) is 4.84. The van der Waals surface area contributed by atoms with Crippen LogP contribution in [0.1, 0.15) is 44.0 Å². The van der Waals surface area contributed by atoms with E-state index in [2.05, 4.69) is 47.8 Å². The highest BCUT2D eigenvalue weighted by Crippen LogP contribution is 2.33. The maximum absolute atomic E-state index is 4.46. The molecular formula is C17H22N6S2. The van der Waals surface area contributed by atoms with Gasteiger partial charge in [0.25, 0.3) is 0 Å². The van der Waals surface area contributed by atoms with Crippen LogP contribution in [0.15, 0.2) is 22.9 Å². The van der Waals surface area contributed by atoms with Gasteiger partial charge in [0.05, 0.1) is 5.39 Å². The molecule has 1 aliphatic carbocycles. The molecule has 4 rings (SSSR count). The molecule has 3 aromatic rings. The summed E-state index contributed by atoms with van der Waals surface area (Å²) < 4.78 is 2.39. The SMILES string of the molecule is CSc1nnc(CCCNc2ncnc3sccc23)n1C1CCCC1. The average Bonchev–Trinajstić information content (AvgIpc) is 3.38. The van der Waals surface area contributed by atoms with E-state index in [0.29, 0.717) is 6.04 Å². The average molecular weight is 375 g/mol. The van der Waals surface area contributed by atoms with Crippen LogP contribution in [0, 0.1) is 0 Å². The van der Waals surface area contributed by atoms with Crippen molar-refractivity contribution >= 4 is 39.1 Å². The maximum Gasteiger partial charge on any atom is 0.191 e. The van der Waals surface area contributed by atoms with Crippen molar-refractivity contribution in [2.45, 2.75) is 49.7 Å². The summed E-state index contributed by atoms with van der Waals surface area (Å²) in [6.07, 6.45) is 10.8. The molecule has 25 heavy (non-hydrogen) atoms. The predicted octanol–water partition coefficient (Wildman–Crippen LogP) is 4.16. The van der Waals surface area contributed by atoms with E-state index >= 15 is 0 Å². The fraction of sp³-hybridized carbons (Fsp3) is 0.529. The van der Waals surface area contributed by atoms with Gasteiger partial charge in [-0.2, -0.15) is 0 Å². The molecule has 3 aromatic heterocycles. The fourth-order valence-electron chi connectivity index (χ4n) is 3.53. The van der Waals surface area contributed by atoms with Crippen LogP contribution in [-0.2, 0) is 6.42 Å². The molecule has 132 valence electrons. The van der Waals surface area contributed by atoms with Crippen molar-refractivity contribution in [1.82, 2.24) is 24.7 Å². The van der Waals surface area contributed by atoms with E-state index < -0.39 is 0 Å². The molecule has 0 saturated heterocycles. The number of fused-ring (bicyclic) bond motifs is 1. The number of nitrogens with one attached hydrogen (secondary N) is 1. The predicted molar refractivity (Wildman–Crippen MR) is 104 cm³/mol. The van der Waals surface area contributed by atoms with Crippen LogP contribution in [-0.4, -0.2) is 37.5 Å². The molecular weight excluding hydrogens is 352 g/mol. The van der Waals surface area contributed by atoms with Crippen molar-refractivity contribution in [2.75, 3.05) is 18.1 Å². The van der Waals surface area contributed by atoms with Crippen molar-refractivity contribution in [1.29, 1.82) is 0 Å². The van der Waals surface area contributed by atoms with Gasteiger partial charge in [-0.15, -0.1) is 21.5 Å². The molecule has 0 amide bonds.